The molecule has 2 heterocycles. The number of nitrogens with two attached hydrogens (primary N) is 1. The monoisotopic (exact) mass is 440 g/mol. The number of anilines is 2. The Bertz CT molecular complexity index is 1170. The predicted molar refractivity (Wildman–Crippen MR) is 125 cm³/mol. The number of nitrogens with one attached hydrogen (secondary N) is 1. The van der Waals surface area contributed by atoms with Gasteiger partial charge in [0.15, 0.2) is 9.84 Å². The Balaban J connectivity index is 1.71. The SMILES string of the molecule is Cc1ccc2nc(N3CCS(=O)(=O)C4C=CC=CC4C3)cc(NCC(C)C(N)=O)c2c1. The third-order valence-corrected chi connectivity index (χ3v) is 8.13. The van der Waals surface area contributed by atoms with E-state index in [1.165, 1.54) is 0 Å². The number of carbonyl (C=O) groups is 1. The first-order chi connectivity index (χ1) is 14.7. The number of carbonyl (C=O) groups excluding carboxylic acids is 1. The van der Waals surface area contributed by atoms with Gasteiger partial charge in [0.25, 0.3) is 0 Å². The zero-order valence-electron chi connectivity index (χ0n) is 17.8. The lowest BCUT2D eigenvalue weighted by Gasteiger charge is -2.27. The molecule has 1 aromatic carbocycles. The van der Waals surface area contributed by atoms with Gasteiger partial charge in [-0.25, -0.2) is 13.4 Å². The van der Waals surface area contributed by atoms with Crippen LogP contribution in [0, 0.1) is 18.8 Å². The first kappa shape index (κ1) is 21.4. The Morgan fingerprint density at radius 1 is 1.29 bits per heavy atom. The number of nitrogens with zero attached hydrogens (tertiary/aromatic N) is 2. The molecule has 1 saturated heterocycles. The van der Waals surface area contributed by atoms with E-state index in [-0.39, 0.29) is 23.5 Å². The minimum Gasteiger partial charge on any atom is -0.384 e. The molecule has 0 radical (unpaired) electrons. The molecular formula is C23H28N4O3S. The smallest absolute Gasteiger partial charge is 0.222 e. The summed E-state index contributed by atoms with van der Waals surface area (Å²) >= 11 is 0. The lowest BCUT2D eigenvalue weighted by atomic mass is 9.99. The van der Waals surface area contributed by atoms with Crippen molar-refractivity contribution in [3.05, 3.63) is 54.1 Å². The molecule has 1 fully saturated rings. The molecule has 1 aliphatic heterocycles. The molecule has 3 atom stereocenters. The molecule has 3 N–H and O–H groups in total. The summed E-state index contributed by atoms with van der Waals surface area (Å²) in [5, 5.41) is 3.83. The van der Waals surface area contributed by atoms with Crippen molar-refractivity contribution in [2.75, 3.05) is 35.6 Å². The Hall–Kier alpha value is -2.87. The van der Waals surface area contributed by atoms with Gasteiger partial charge in [-0.05, 0) is 19.1 Å². The number of allylic oxidation sites excluding steroid dienone is 2. The summed E-state index contributed by atoms with van der Waals surface area (Å²) in [4.78, 5) is 18.4. The van der Waals surface area contributed by atoms with E-state index < -0.39 is 15.1 Å². The number of sulfone groups is 1. The number of pyridine rings is 1. The van der Waals surface area contributed by atoms with Crippen molar-refractivity contribution in [1.82, 2.24) is 4.98 Å². The van der Waals surface area contributed by atoms with Crippen LogP contribution in [0.4, 0.5) is 11.5 Å². The second kappa shape index (κ2) is 8.34. The predicted octanol–water partition coefficient (Wildman–Crippen LogP) is 2.42. The second-order valence-corrected chi connectivity index (χ2v) is 10.7. The summed E-state index contributed by atoms with van der Waals surface area (Å²) in [5.74, 6) is 0.0214. The molecule has 2 aromatic rings. The van der Waals surface area contributed by atoms with Gasteiger partial charge in [-0.1, -0.05) is 42.9 Å². The molecule has 1 aromatic heterocycles. The average Bonchev–Trinajstić information content (AvgIpc) is 2.87. The molecule has 2 aliphatic rings. The number of hydrogen-bond acceptors (Lipinski definition) is 6. The maximum atomic E-state index is 12.8. The van der Waals surface area contributed by atoms with Crippen molar-refractivity contribution in [2.45, 2.75) is 19.1 Å². The van der Waals surface area contributed by atoms with Gasteiger partial charge in [0, 0.05) is 42.7 Å². The van der Waals surface area contributed by atoms with Crippen LogP contribution < -0.4 is 16.0 Å². The normalized spacial score (nSPS) is 23.2. The molecule has 31 heavy (non-hydrogen) atoms. The fraction of sp³-hybridized carbons (Fsp3) is 0.391. The van der Waals surface area contributed by atoms with E-state index in [0.717, 1.165) is 28.0 Å². The van der Waals surface area contributed by atoms with E-state index in [4.69, 9.17) is 10.7 Å². The summed E-state index contributed by atoms with van der Waals surface area (Å²) in [5.41, 5.74) is 8.21. The summed E-state index contributed by atoms with van der Waals surface area (Å²) in [6, 6.07) is 7.98. The van der Waals surface area contributed by atoms with Crippen LogP contribution in [-0.4, -0.2) is 49.9 Å². The molecule has 0 spiro atoms. The zero-order chi connectivity index (χ0) is 22.2. The van der Waals surface area contributed by atoms with Crippen molar-refractivity contribution in [3.63, 3.8) is 0 Å². The van der Waals surface area contributed by atoms with Crippen molar-refractivity contribution in [1.29, 1.82) is 0 Å². The lowest BCUT2D eigenvalue weighted by molar-refractivity contribution is -0.120. The molecule has 0 bridgehead atoms. The molecule has 1 aliphatic carbocycles. The standard InChI is InChI=1S/C23H28N4O3S/c1-15-7-8-19-18(11-15)20(25-13-16(2)23(24)28)12-22(26-19)27-9-10-31(29,30)21-6-4-3-5-17(21)14-27/h3-8,11-12,16-17,21H,9-10,13-14H2,1-2H3,(H2,24,28)(H,25,26). The topological polar surface area (TPSA) is 105 Å². The van der Waals surface area contributed by atoms with Crippen LogP contribution in [0.3, 0.4) is 0 Å². The molecule has 0 saturated carbocycles. The highest BCUT2D eigenvalue weighted by atomic mass is 32.2. The van der Waals surface area contributed by atoms with E-state index in [0.29, 0.717) is 19.6 Å². The van der Waals surface area contributed by atoms with Gasteiger partial charge in [0.05, 0.1) is 22.4 Å². The van der Waals surface area contributed by atoms with Gasteiger partial charge in [-0.2, -0.15) is 0 Å². The van der Waals surface area contributed by atoms with E-state index in [2.05, 4.69) is 11.4 Å². The van der Waals surface area contributed by atoms with Crippen LogP contribution in [-0.2, 0) is 14.6 Å². The number of primary amides is 1. The minimum atomic E-state index is -3.22. The van der Waals surface area contributed by atoms with Crippen LogP contribution in [0.5, 0.6) is 0 Å². The zero-order valence-corrected chi connectivity index (χ0v) is 18.6. The third-order valence-electron chi connectivity index (χ3n) is 6.04. The molecule has 3 unspecified atom stereocenters. The van der Waals surface area contributed by atoms with Crippen molar-refractivity contribution in [3.8, 4) is 0 Å². The van der Waals surface area contributed by atoms with Gasteiger partial charge < -0.3 is 16.0 Å². The summed E-state index contributed by atoms with van der Waals surface area (Å²) in [6.07, 6.45) is 7.48. The molecule has 164 valence electrons. The van der Waals surface area contributed by atoms with E-state index in [9.17, 15) is 13.2 Å². The average molecular weight is 441 g/mol. The van der Waals surface area contributed by atoms with Crippen molar-refractivity contribution in [2.24, 2.45) is 17.6 Å². The largest absolute Gasteiger partial charge is 0.384 e. The van der Waals surface area contributed by atoms with Crippen LogP contribution in [0.2, 0.25) is 0 Å². The lowest BCUT2D eigenvalue weighted by Crippen LogP contribution is -2.33. The second-order valence-electron chi connectivity index (χ2n) is 8.44. The van der Waals surface area contributed by atoms with Crippen molar-refractivity contribution >= 4 is 38.2 Å². The Morgan fingerprint density at radius 2 is 2.06 bits per heavy atom. The van der Waals surface area contributed by atoms with Crippen LogP contribution in [0.25, 0.3) is 10.9 Å². The minimum absolute atomic E-state index is 0.0848. The Labute approximate surface area is 182 Å². The Morgan fingerprint density at radius 3 is 2.84 bits per heavy atom. The van der Waals surface area contributed by atoms with Crippen molar-refractivity contribution < 1.29 is 13.2 Å². The van der Waals surface area contributed by atoms with E-state index in [1.807, 2.05) is 48.3 Å². The molecular weight excluding hydrogens is 412 g/mol. The number of rotatable bonds is 5. The van der Waals surface area contributed by atoms with E-state index in [1.54, 1.807) is 13.0 Å². The maximum Gasteiger partial charge on any atom is 0.222 e. The number of amides is 1. The van der Waals surface area contributed by atoms with Crippen LogP contribution >= 0.6 is 0 Å². The molecule has 4 rings (SSSR count). The Kier molecular flexibility index (Phi) is 5.75. The first-order valence-corrected chi connectivity index (χ1v) is 12.2. The van der Waals surface area contributed by atoms with Gasteiger partial charge in [-0.3, -0.25) is 4.79 Å². The summed E-state index contributed by atoms with van der Waals surface area (Å²) < 4.78 is 25.6. The third kappa shape index (κ3) is 4.44. The highest BCUT2D eigenvalue weighted by Crippen LogP contribution is 2.32. The van der Waals surface area contributed by atoms with E-state index >= 15 is 0 Å². The maximum absolute atomic E-state index is 12.8. The molecule has 7 nitrogen and oxygen atoms in total. The quantitative estimate of drug-likeness (QED) is 0.740. The number of aryl methyl sites for hydroxylation is 1. The number of fused-ring (bicyclic) bond motifs is 2. The molecule has 8 heteroatoms. The van der Waals surface area contributed by atoms with Gasteiger partial charge in [0.1, 0.15) is 5.82 Å². The number of benzene rings is 1. The molecule has 1 amide bonds. The highest BCUT2D eigenvalue weighted by Gasteiger charge is 2.36. The van der Waals surface area contributed by atoms with Crippen LogP contribution in [0.15, 0.2) is 48.6 Å². The van der Waals surface area contributed by atoms with Crippen LogP contribution in [0.1, 0.15) is 12.5 Å². The van der Waals surface area contributed by atoms with Gasteiger partial charge in [-0.15, -0.1) is 0 Å². The summed E-state index contributed by atoms with van der Waals surface area (Å²) in [7, 11) is -3.22. The first-order valence-electron chi connectivity index (χ1n) is 10.5. The highest BCUT2D eigenvalue weighted by molar-refractivity contribution is 7.92. The fourth-order valence-corrected chi connectivity index (χ4v) is 5.90. The number of aromatic nitrogens is 1. The summed E-state index contributed by atoms with van der Waals surface area (Å²) in [6.45, 7) is 5.18. The number of hydrogen-bond donors (Lipinski definition) is 2. The van der Waals surface area contributed by atoms with Gasteiger partial charge in [0.2, 0.25) is 5.91 Å². The fourth-order valence-electron chi connectivity index (χ4n) is 4.11. The van der Waals surface area contributed by atoms with Gasteiger partial charge >= 0.3 is 0 Å².